The van der Waals surface area contributed by atoms with Crippen molar-refractivity contribution < 1.29 is 13.5 Å². The monoisotopic (exact) mass is 282 g/mol. The van der Waals surface area contributed by atoms with E-state index in [9.17, 15) is 8.42 Å². The topological polar surface area (TPSA) is 90.2 Å². The maximum Gasteiger partial charge on any atom is 0.179 e. The van der Waals surface area contributed by atoms with E-state index in [2.05, 4.69) is 5.32 Å². The molecule has 0 aliphatic rings. The van der Waals surface area contributed by atoms with Gasteiger partial charge in [0, 0.05) is 6.54 Å². The van der Waals surface area contributed by atoms with E-state index in [0.717, 1.165) is 0 Å². The van der Waals surface area contributed by atoms with Crippen LogP contribution in [-0.4, -0.2) is 38.5 Å². The van der Waals surface area contributed by atoms with Crippen LogP contribution in [0.2, 0.25) is 0 Å². The second-order valence-electron chi connectivity index (χ2n) is 4.34. The number of nitrogens with one attached hydrogen (secondary N) is 1. The summed E-state index contributed by atoms with van der Waals surface area (Å²) in [6.07, 6.45) is 0.208. The number of hydrogen-bond acceptors (Lipinski definition) is 5. The third-order valence-corrected chi connectivity index (χ3v) is 4.36. The molecular formula is C13H18N2O3S. The zero-order chi connectivity index (χ0) is 14.3. The Kier molecular flexibility index (Phi) is 5.96. The lowest BCUT2D eigenvalue weighted by Crippen LogP contribution is -2.25. The average Bonchev–Trinajstić information content (AvgIpc) is 2.38. The normalized spacial score (nSPS) is 12.9. The summed E-state index contributed by atoms with van der Waals surface area (Å²) in [5.41, 5.74) is 0.439. The fraction of sp³-hybridized carbons (Fsp3) is 0.462. The van der Waals surface area contributed by atoms with E-state index in [1.165, 1.54) is 24.3 Å². The van der Waals surface area contributed by atoms with Crippen molar-refractivity contribution in [2.75, 3.05) is 18.8 Å². The predicted molar refractivity (Wildman–Crippen MR) is 72.4 cm³/mol. The van der Waals surface area contributed by atoms with E-state index in [1.54, 1.807) is 6.92 Å². The highest BCUT2D eigenvalue weighted by molar-refractivity contribution is 7.91. The number of rotatable bonds is 7. The molecule has 19 heavy (non-hydrogen) atoms. The molecular weight excluding hydrogens is 264 g/mol. The first-order valence-electron chi connectivity index (χ1n) is 6.07. The Bertz CT molecular complexity index is 530. The molecule has 0 aromatic heterocycles. The molecule has 6 heteroatoms. The van der Waals surface area contributed by atoms with E-state index >= 15 is 0 Å². The summed E-state index contributed by atoms with van der Waals surface area (Å²) in [4.78, 5) is 0.226. The van der Waals surface area contributed by atoms with Gasteiger partial charge in [-0.1, -0.05) is 0 Å². The molecule has 0 aliphatic carbocycles. The van der Waals surface area contributed by atoms with Crippen LogP contribution in [0.3, 0.4) is 0 Å². The first-order chi connectivity index (χ1) is 8.95. The lowest BCUT2D eigenvalue weighted by Gasteiger charge is -2.07. The molecule has 1 aromatic carbocycles. The van der Waals surface area contributed by atoms with Crippen molar-refractivity contribution in [2.24, 2.45) is 0 Å². The van der Waals surface area contributed by atoms with Gasteiger partial charge >= 0.3 is 0 Å². The molecule has 0 radical (unpaired) electrons. The molecule has 0 heterocycles. The van der Waals surface area contributed by atoms with Crippen LogP contribution >= 0.6 is 0 Å². The molecule has 5 nitrogen and oxygen atoms in total. The highest BCUT2D eigenvalue weighted by Gasteiger charge is 2.13. The van der Waals surface area contributed by atoms with Crippen molar-refractivity contribution in [2.45, 2.75) is 24.3 Å². The van der Waals surface area contributed by atoms with E-state index in [0.29, 0.717) is 25.1 Å². The van der Waals surface area contributed by atoms with Crippen LogP contribution in [0.1, 0.15) is 18.9 Å². The summed E-state index contributed by atoms with van der Waals surface area (Å²) in [6.45, 7) is 2.62. The van der Waals surface area contributed by atoms with Crippen molar-refractivity contribution in [3.05, 3.63) is 29.8 Å². The summed E-state index contributed by atoms with van der Waals surface area (Å²) < 4.78 is 23.9. The maximum atomic E-state index is 12.0. The minimum Gasteiger partial charge on any atom is -0.393 e. The van der Waals surface area contributed by atoms with Crippen LogP contribution in [0.4, 0.5) is 0 Å². The van der Waals surface area contributed by atoms with Crippen LogP contribution in [0, 0.1) is 11.3 Å². The molecule has 1 unspecified atom stereocenters. The quantitative estimate of drug-likeness (QED) is 0.718. The van der Waals surface area contributed by atoms with Gasteiger partial charge in [-0.15, -0.1) is 0 Å². The number of aliphatic hydroxyl groups excluding tert-OH is 1. The molecule has 0 saturated carbocycles. The Hall–Kier alpha value is -1.42. The van der Waals surface area contributed by atoms with Gasteiger partial charge in [-0.05, 0) is 44.2 Å². The van der Waals surface area contributed by atoms with Crippen molar-refractivity contribution in [3.63, 3.8) is 0 Å². The molecule has 1 aromatic rings. The molecule has 0 spiro atoms. The van der Waals surface area contributed by atoms with Crippen molar-refractivity contribution in [1.82, 2.24) is 5.32 Å². The average molecular weight is 282 g/mol. The van der Waals surface area contributed by atoms with Crippen LogP contribution in [0.25, 0.3) is 0 Å². The molecule has 0 saturated heterocycles. The van der Waals surface area contributed by atoms with Crippen molar-refractivity contribution in [1.29, 1.82) is 5.26 Å². The summed E-state index contributed by atoms with van der Waals surface area (Å²) in [5, 5.41) is 20.7. The second kappa shape index (κ2) is 7.24. The first-order valence-corrected chi connectivity index (χ1v) is 7.72. The zero-order valence-corrected chi connectivity index (χ0v) is 11.7. The number of nitriles is 1. The number of hydrogen-bond donors (Lipinski definition) is 2. The van der Waals surface area contributed by atoms with Gasteiger partial charge in [-0.3, -0.25) is 0 Å². The minimum absolute atomic E-state index is 0.00128. The first kappa shape index (κ1) is 15.6. The molecule has 0 aliphatic heterocycles. The SMILES string of the molecule is CC(O)CCNCCS(=O)(=O)c1ccc(C#N)cc1. The van der Waals surface area contributed by atoms with Crippen LogP contribution in [0.15, 0.2) is 29.2 Å². The van der Waals surface area contributed by atoms with Gasteiger partial charge in [0.2, 0.25) is 0 Å². The second-order valence-corrected chi connectivity index (χ2v) is 6.45. The Morgan fingerprint density at radius 2 is 1.95 bits per heavy atom. The van der Waals surface area contributed by atoms with Crippen LogP contribution in [0.5, 0.6) is 0 Å². The number of nitrogens with zero attached hydrogens (tertiary/aromatic N) is 1. The Morgan fingerprint density at radius 3 is 2.47 bits per heavy atom. The fourth-order valence-corrected chi connectivity index (χ4v) is 2.70. The maximum absolute atomic E-state index is 12.0. The molecule has 2 N–H and O–H groups in total. The summed E-state index contributed by atoms with van der Waals surface area (Å²) in [5.74, 6) is -0.00128. The highest BCUT2D eigenvalue weighted by atomic mass is 32.2. The molecule has 0 fully saturated rings. The van der Waals surface area contributed by atoms with E-state index < -0.39 is 9.84 Å². The van der Waals surface area contributed by atoms with Gasteiger partial charge in [0.15, 0.2) is 9.84 Å². The summed E-state index contributed by atoms with van der Waals surface area (Å²) in [7, 11) is -3.32. The van der Waals surface area contributed by atoms with Crippen molar-refractivity contribution >= 4 is 9.84 Å². The van der Waals surface area contributed by atoms with E-state index in [1.807, 2.05) is 6.07 Å². The van der Waals surface area contributed by atoms with E-state index in [4.69, 9.17) is 10.4 Å². The third kappa shape index (κ3) is 5.39. The summed E-state index contributed by atoms with van der Waals surface area (Å²) in [6, 6.07) is 7.83. The third-order valence-electron chi connectivity index (χ3n) is 2.63. The molecule has 104 valence electrons. The molecule has 0 amide bonds. The number of aliphatic hydroxyl groups is 1. The zero-order valence-electron chi connectivity index (χ0n) is 10.8. The fourth-order valence-electron chi connectivity index (χ4n) is 1.50. The van der Waals surface area contributed by atoms with E-state index in [-0.39, 0.29) is 16.8 Å². The molecule has 1 rings (SSSR count). The van der Waals surface area contributed by atoms with Gasteiger partial charge in [0.05, 0.1) is 28.4 Å². The van der Waals surface area contributed by atoms with Crippen LogP contribution in [-0.2, 0) is 9.84 Å². The lowest BCUT2D eigenvalue weighted by atomic mass is 10.2. The van der Waals surface area contributed by atoms with Crippen LogP contribution < -0.4 is 5.32 Å². The number of sulfone groups is 1. The Labute approximate surface area is 113 Å². The van der Waals surface area contributed by atoms with Gasteiger partial charge in [-0.2, -0.15) is 5.26 Å². The molecule has 0 bridgehead atoms. The Balaban J connectivity index is 2.49. The van der Waals surface area contributed by atoms with Gasteiger partial charge in [0.1, 0.15) is 0 Å². The van der Waals surface area contributed by atoms with Gasteiger partial charge in [0.25, 0.3) is 0 Å². The lowest BCUT2D eigenvalue weighted by molar-refractivity contribution is 0.184. The van der Waals surface area contributed by atoms with Crippen molar-refractivity contribution in [3.8, 4) is 6.07 Å². The minimum atomic E-state index is -3.32. The standard InChI is InChI=1S/C13H18N2O3S/c1-11(16)6-7-15-8-9-19(17,18)13-4-2-12(10-14)3-5-13/h2-5,11,15-16H,6-9H2,1H3. The predicted octanol–water partition coefficient (Wildman–Crippen LogP) is 0.692. The number of benzene rings is 1. The largest absolute Gasteiger partial charge is 0.393 e. The smallest absolute Gasteiger partial charge is 0.179 e. The summed E-state index contributed by atoms with van der Waals surface area (Å²) >= 11 is 0. The molecule has 1 atom stereocenters. The van der Waals surface area contributed by atoms with Gasteiger partial charge in [-0.25, -0.2) is 8.42 Å². The van der Waals surface area contributed by atoms with Gasteiger partial charge < -0.3 is 10.4 Å². The Morgan fingerprint density at radius 1 is 1.32 bits per heavy atom. The highest BCUT2D eigenvalue weighted by Crippen LogP contribution is 2.11.